The fraction of sp³-hybridized carbons (Fsp3) is 0.483. The van der Waals surface area contributed by atoms with E-state index < -0.39 is 17.4 Å². The average molecular weight is 520 g/mol. The van der Waals surface area contributed by atoms with Crippen LogP contribution in [0.25, 0.3) is 22.2 Å². The van der Waals surface area contributed by atoms with Crippen LogP contribution < -0.4 is 11.0 Å². The Hall–Kier alpha value is -3.30. The third kappa shape index (κ3) is 3.24. The smallest absolute Gasteiger partial charge is 0.343 e. The van der Waals surface area contributed by atoms with Crippen molar-refractivity contribution in [2.75, 3.05) is 13.1 Å². The molecule has 4 aliphatic rings. The summed E-state index contributed by atoms with van der Waals surface area (Å²) in [6.07, 6.45) is 4.87. The highest BCUT2D eigenvalue weighted by atomic mass is 19.1. The van der Waals surface area contributed by atoms with Gasteiger partial charge in [-0.3, -0.25) is 9.59 Å². The van der Waals surface area contributed by atoms with Gasteiger partial charge in [-0.2, -0.15) is 0 Å². The molecule has 198 valence electrons. The minimum Gasteiger partial charge on any atom is -0.458 e. The van der Waals surface area contributed by atoms with Crippen molar-refractivity contribution < 1.29 is 19.0 Å². The van der Waals surface area contributed by atoms with Crippen molar-refractivity contribution in [3.8, 4) is 11.3 Å². The first-order valence-corrected chi connectivity index (χ1v) is 13.6. The molecule has 3 aromatic rings. The molecule has 2 fully saturated rings. The first kappa shape index (κ1) is 23.8. The van der Waals surface area contributed by atoms with E-state index in [4.69, 9.17) is 4.74 Å². The molecule has 38 heavy (non-hydrogen) atoms. The van der Waals surface area contributed by atoms with Gasteiger partial charge in [-0.05, 0) is 62.4 Å². The number of rotatable bonds is 4. The monoisotopic (exact) mass is 519 g/mol. The molecule has 1 aliphatic carbocycles. The van der Waals surface area contributed by atoms with E-state index >= 15 is 0 Å². The van der Waals surface area contributed by atoms with Gasteiger partial charge in [-0.25, -0.2) is 9.18 Å². The number of aliphatic hydroxyl groups is 1. The normalized spacial score (nSPS) is 24.7. The second-order valence-corrected chi connectivity index (χ2v) is 11.3. The summed E-state index contributed by atoms with van der Waals surface area (Å²) in [5.41, 5.74) is -0.198. The molecule has 5 heterocycles. The topological polar surface area (TPSA) is 93.8 Å². The highest BCUT2D eigenvalue weighted by Gasteiger charge is 2.45. The number of cyclic esters (lactones) is 1. The maximum Gasteiger partial charge on any atom is 0.343 e. The molecule has 0 radical (unpaired) electrons. The summed E-state index contributed by atoms with van der Waals surface area (Å²) in [5.74, 6) is -0.923. The van der Waals surface area contributed by atoms with Crippen LogP contribution in [0.5, 0.6) is 0 Å². The Balaban J connectivity index is 1.41. The quantitative estimate of drug-likeness (QED) is 0.417. The largest absolute Gasteiger partial charge is 0.458 e. The molecule has 3 aliphatic heterocycles. The lowest BCUT2D eigenvalue weighted by Gasteiger charge is -2.34. The summed E-state index contributed by atoms with van der Waals surface area (Å²) in [5, 5.41) is 11.4. The molecule has 1 N–H and O–H groups in total. The van der Waals surface area contributed by atoms with Gasteiger partial charge in [-0.15, -0.1) is 0 Å². The van der Waals surface area contributed by atoms with Crippen LogP contribution in [0.3, 0.4) is 0 Å². The molecule has 2 atom stereocenters. The summed E-state index contributed by atoms with van der Waals surface area (Å²) in [6, 6.07) is 6.56. The van der Waals surface area contributed by atoms with Crippen molar-refractivity contribution in [2.24, 2.45) is 5.92 Å². The summed E-state index contributed by atoms with van der Waals surface area (Å²) in [4.78, 5) is 42.5. The van der Waals surface area contributed by atoms with Crippen molar-refractivity contribution in [1.82, 2.24) is 14.0 Å². The first-order chi connectivity index (χ1) is 18.3. The van der Waals surface area contributed by atoms with Gasteiger partial charge in [0.2, 0.25) is 0 Å². The fourth-order valence-electron chi connectivity index (χ4n) is 6.88. The zero-order valence-electron chi connectivity index (χ0n) is 21.3. The third-order valence-corrected chi connectivity index (χ3v) is 9.29. The number of fused-ring (bicyclic) bond motifs is 5. The molecule has 7 rings (SSSR count). The van der Waals surface area contributed by atoms with Gasteiger partial charge in [0.1, 0.15) is 12.4 Å². The lowest BCUT2D eigenvalue weighted by Crippen LogP contribution is -2.44. The van der Waals surface area contributed by atoms with Crippen LogP contribution >= 0.6 is 0 Å². The van der Waals surface area contributed by atoms with E-state index in [1.165, 1.54) is 36.0 Å². The maximum absolute atomic E-state index is 14.4. The van der Waals surface area contributed by atoms with Crippen LogP contribution in [-0.4, -0.2) is 44.2 Å². The number of likely N-dealkylation sites (tertiary alicyclic amines) is 1. The molecule has 0 amide bonds. The van der Waals surface area contributed by atoms with Crippen molar-refractivity contribution in [1.29, 1.82) is 0 Å². The van der Waals surface area contributed by atoms with E-state index in [1.807, 2.05) is 0 Å². The predicted molar refractivity (Wildman–Crippen MR) is 138 cm³/mol. The fourth-order valence-corrected chi connectivity index (χ4v) is 6.88. The van der Waals surface area contributed by atoms with E-state index in [1.54, 1.807) is 19.1 Å². The van der Waals surface area contributed by atoms with E-state index in [0.717, 1.165) is 19.5 Å². The van der Waals surface area contributed by atoms with Gasteiger partial charge in [-0.1, -0.05) is 13.3 Å². The Kier molecular flexibility index (Phi) is 5.23. The van der Waals surface area contributed by atoms with Gasteiger partial charge >= 0.3 is 5.97 Å². The first-order valence-electron chi connectivity index (χ1n) is 13.6. The van der Waals surface area contributed by atoms with Crippen LogP contribution in [0.15, 0.2) is 33.9 Å². The third-order valence-electron chi connectivity index (χ3n) is 9.29. The number of nitrogens with zero attached hydrogens (tertiary/aromatic N) is 3. The number of hydrogen-bond acceptors (Lipinski definition) is 6. The number of aromatic nitrogens is 2. The van der Waals surface area contributed by atoms with Crippen LogP contribution in [0.1, 0.15) is 55.8 Å². The summed E-state index contributed by atoms with van der Waals surface area (Å²) >= 11 is 0. The molecule has 1 saturated heterocycles. The van der Waals surface area contributed by atoms with Crippen LogP contribution in [0.4, 0.5) is 4.39 Å². The van der Waals surface area contributed by atoms with Crippen molar-refractivity contribution in [3.63, 3.8) is 0 Å². The number of hydrogen-bond donors (Lipinski definition) is 1. The molecule has 8 nitrogen and oxygen atoms in total. The molecule has 1 aromatic carbocycles. The molecule has 0 spiro atoms. The minimum absolute atomic E-state index is 0.0287. The number of esters is 1. The Bertz CT molecular complexity index is 1640. The number of carbonyl (C=O) groups is 1. The van der Waals surface area contributed by atoms with E-state index in [-0.39, 0.29) is 47.1 Å². The Morgan fingerprint density at radius 2 is 1.97 bits per heavy atom. The van der Waals surface area contributed by atoms with E-state index in [0.29, 0.717) is 41.0 Å². The van der Waals surface area contributed by atoms with Gasteiger partial charge in [0.15, 0.2) is 11.0 Å². The van der Waals surface area contributed by atoms with Crippen molar-refractivity contribution in [3.05, 3.63) is 67.5 Å². The molecule has 2 aromatic heterocycles. The van der Waals surface area contributed by atoms with E-state index in [9.17, 15) is 23.9 Å². The van der Waals surface area contributed by atoms with Gasteiger partial charge in [0.25, 0.3) is 5.56 Å². The van der Waals surface area contributed by atoms with Crippen molar-refractivity contribution in [2.45, 2.75) is 70.4 Å². The number of benzene rings is 1. The summed E-state index contributed by atoms with van der Waals surface area (Å²) in [6.45, 7) is 4.32. The Morgan fingerprint density at radius 3 is 2.71 bits per heavy atom. The van der Waals surface area contributed by atoms with Gasteiger partial charge in [0, 0.05) is 30.1 Å². The zero-order valence-corrected chi connectivity index (χ0v) is 21.3. The van der Waals surface area contributed by atoms with Crippen LogP contribution in [0.2, 0.25) is 0 Å². The molecule has 9 heteroatoms. The number of pyridine rings is 2. The highest BCUT2D eigenvalue weighted by Crippen LogP contribution is 2.39. The molecule has 0 unspecified atom stereocenters. The number of ether oxygens (including phenoxy) is 1. The Labute approximate surface area is 218 Å². The standard InChI is InChI=1S/C29H30FN3O5/c1-2-29(37)21-11-23-25-24(14-33(23)27(35)20(21)15-38-28(29)36)32(22-7-6-17(30)10-19(22)26(25)34)13-16-8-9-31(12-16)18-4-3-5-18/h6-7,10-11,16,18,37H,2-5,8-9,12-15H2,1H3/t16-,29+/m1/s1. The lowest BCUT2D eigenvalue weighted by molar-refractivity contribution is -0.172. The second-order valence-electron chi connectivity index (χ2n) is 11.3. The minimum atomic E-state index is -1.96. The van der Waals surface area contributed by atoms with Crippen LogP contribution in [-0.2, 0) is 34.8 Å². The summed E-state index contributed by atoms with van der Waals surface area (Å²) in [7, 11) is 0. The SMILES string of the molecule is CC[C@@]1(O)C(=O)OCc2c1cc1n(c2=O)Cc2c-1c(=O)c1cc(F)ccc1n2C[C@@H]1CCN(C2CCC2)C1. The molecular weight excluding hydrogens is 489 g/mol. The molecule has 1 saturated carbocycles. The average Bonchev–Trinajstić information content (AvgIpc) is 3.48. The highest BCUT2D eigenvalue weighted by molar-refractivity contribution is 5.88. The number of carbonyl (C=O) groups excluding carboxylic acids is 1. The summed E-state index contributed by atoms with van der Waals surface area (Å²) < 4.78 is 23.2. The molecular formula is C29H30FN3O5. The maximum atomic E-state index is 14.4. The van der Waals surface area contributed by atoms with Crippen molar-refractivity contribution >= 4 is 16.9 Å². The van der Waals surface area contributed by atoms with E-state index in [2.05, 4.69) is 9.47 Å². The Morgan fingerprint density at radius 1 is 1.16 bits per heavy atom. The van der Waals surface area contributed by atoms with Crippen LogP contribution in [0, 0.1) is 11.7 Å². The molecule has 0 bridgehead atoms. The second kappa shape index (κ2) is 8.35. The predicted octanol–water partition coefficient (Wildman–Crippen LogP) is 2.86. The van der Waals surface area contributed by atoms with Gasteiger partial charge in [0.05, 0.1) is 34.6 Å². The zero-order chi connectivity index (χ0) is 26.3. The number of halogens is 1. The van der Waals surface area contributed by atoms with Gasteiger partial charge < -0.3 is 23.9 Å². The lowest BCUT2D eigenvalue weighted by atomic mass is 9.85.